The molecule has 0 aromatic heterocycles. The van der Waals surface area contributed by atoms with E-state index >= 15 is 0 Å². The molecule has 6 nitrogen and oxygen atoms in total. The third kappa shape index (κ3) is 5.30. The fourth-order valence-corrected chi connectivity index (χ4v) is 3.12. The highest BCUT2D eigenvalue weighted by atomic mass is 32.2. The lowest BCUT2D eigenvalue weighted by molar-refractivity contribution is -0.129. The molecule has 1 rings (SSSR count). The van der Waals surface area contributed by atoms with E-state index in [0.29, 0.717) is 0 Å². The highest BCUT2D eigenvalue weighted by molar-refractivity contribution is 7.92. The molecule has 24 heavy (non-hydrogen) atoms. The summed E-state index contributed by atoms with van der Waals surface area (Å²) in [4.78, 5) is 24.0. The summed E-state index contributed by atoms with van der Waals surface area (Å²) in [5.74, 6) is -1.78. The Bertz CT molecular complexity index is 709. The third-order valence-corrected chi connectivity index (χ3v) is 5.30. The van der Waals surface area contributed by atoms with Gasteiger partial charge in [-0.15, -0.1) is 0 Å². The largest absolute Gasteiger partial charge is 0.350 e. The summed E-state index contributed by atoms with van der Waals surface area (Å²) in [6, 6.07) is 3.34. The van der Waals surface area contributed by atoms with Crippen LogP contribution in [0.3, 0.4) is 0 Å². The van der Waals surface area contributed by atoms with E-state index in [1.807, 2.05) is 0 Å². The van der Waals surface area contributed by atoms with Gasteiger partial charge in [0.1, 0.15) is 17.1 Å². The van der Waals surface area contributed by atoms with Gasteiger partial charge in [0.25, 0.3) is 0 Å². The number of nitrogens with one attached hydrogen (secondary N) is 2. The van der Waals surface area contributed by atoms with Crippen molar-refractivity contribution >= 4 is 21.7 Å². The summed E-state index contributed by atoms with van der Waals surface area (Å²) >= 11 is 0. The Labute approximate surface area is 141 Å². The molecule has 2 unspecified atom stereocenters. The minimum Gasteiger partial charge on any atom is -0.350 e. The molecule has 2 atom stereocenters. The minimum atomic E-state index is -3.97. The molecule has 0 radical (unpaired) electrons. The second-order valence-corrected chi connectivity index (χ2v) is 8.88. The molecule has 1 aromatic rings. The second kappa shape index (κ2) is 7.29. The van der Waals surface area contributed by atoms with E-state index in [0.717, 1.165) is 24.3 Å². The molecule has 0 aliphatic rings. The van der Waals surface area contributed by atoms with Crippen LogP contribution in [0.4, 0.5) is 4.39 Å². The van der Waals surface area contributed by atoms with Crippen LogP contribution in [0, 0.1) is 5.82 Å². The van der Waals surface area contributed by atoms with Gasteiger partial charge in [0.2, 0.25) is 11.8 Å². The van der Waals surface area contributed by atoms with Gasteiger partial charge in [-0.3, -0.25) is 9.59 Å². The Balaban J connectivity index is 2.83. The monoisotopic (exact) mass is 358 g/mol. The molecule has 0 aliphatic carbocycles. The fraction of sp³-hybridized carbons (Fsp3) is 0.500. The second-order valence-electron chi connectivity index (χ2n) is 6.61. The van der Waals surface area contributed by atoms with Crippen molar-refractivity contribution in [1.29, 1.82) is 0 Å². The standard InChI is InChI=1S/C16H23FN2O4S/c1-10(14(20)19-16(3,4)5)18-15(21)11(2)24(22,23)13-8-6-12(17)7-9-13/h6-11H,1-5H3,(H,18,21)(H,19,20). The lowest BCUT2D eigenvalue weighted by Gasteiger charge is -2.24. The zero-order chi connectivity index (χ0) is 18.7. The highest BCUT2D eigenvalue weighted by Gasteiger charge is 2.31. The quantitative estimate of drug-likeness (QED) is 0.779. The zero-order valence-electron chi connectivity index (χ0n) is 14.4. The van der Waals surface area contributed by atoms with Crippen LogP contribution in [0.1, 0.15) is 34.6 Å². The van der Waals surface area contributed by atoms with Crippen molar-refractivity contribution in [3.8, 4) is 0 Å². The number of halogens is 1. The summed E-state index contributed by atoms with van der Waals surface area (Å²) in [6.45, 7) is 8.07. The number of carbonyl (C=O) groups is 2. The number of rotatable bonds is 5. The van der Waals surface area contributed by atoms with Crippen molar-refractivity contribution in [2.24, 2.45) is 0 Å². The first kappa shape index (κ1) is 20.1. The Hall–Kier alpha value is -1.96. The van der Waals surface area contributed by atoms with Gasteiger partial charge in [-0.1, -0.05) is 0 Å². The molecular weight excluding hydrogens is 335 g/mol. The highest BCUT2D eigenvalue weighted by Crippen LogP contribution is 2.17. The molecular formula is C16H23FN2O4S. The van der Waals surface area contributed by atoms with Crippen LogP contribution in [0.5, 0.6) is 0 Å². The first-order chi connectivity index (χ1) is 10.8. The van der Waals surface area contributed by atoms with E-state index in [1.54, 1.807) is 20.8 Å². The topological polar surface area (TPSA) is 92.3 Å². The maximum absolute atomic E-state index is 12.9. The molecule has 0 saturated carbocycles. The first-order valence-corrected chi connectivity index (χ1v) is 9.01. The third-order valence-electron chi connectivity index (χ3n) is 3.23. The van der Waals surface area contributed by atoms with Crippen LogP contribution < -0.4 is 10.6 Å². The molecule has 0 aliphatic heterocycles. The van der Waals surface area contributed by atoms with Crippen LogP contribution in [0.2, 0.25) is 0 Å². The van der Waals surface area contributed by atoms with Crippen molar-refractivity contribution < 1.29 is 22.4 Å². The van der Waals surface area contributed by atoms with Gasteiger partial charge in [0.15, 0.2) is 9.84 Å². The van der Waals surface area contributed by atoms with Crippen LogP contribution >= 0.6 is 0 Å². The van der Waals surface area contributed by atoms with E-state index in [1.165, 1.54) is 13.8 Å². The number of hydrogen-bond acceptors (Lipinski definition) is 4. The number of hydrogen-bond donors (Lipinski definition) is 2. The number of carbonyl (C=O) groups excluding carboxylic acids is 2. The Morgan fingerprint density at radius 2 is 1.54 bits per heavy atom. The van der Waals surface area contributed by atoms with Crippen LogP contribution in [0.15, 0.2) is 29.2 Å². The van der Waals surface area contributed by atoms with Crippen molar-refractivity contribution in [1.82, 2.24) is 10.6 Å². The summed E-state index contributed by atoms with van der Waals surface area (Å²) in [7, 11) is -3.97. The SMILES string of the molecule is CC(NC(=O)C(C)S(=O)(=O)c1ccc(F)cc1)C(=O)NC(C)(C)C. The average Bonchev–Trinajstić information content (AvgIpc) is 2.44. The van der Waals surface area contributed by atoms with Crippen molar-refractivity contribution in [2.75, 3.05) is 0 Å². The number of amides is 2. The van der Waals surface area contributed by atoms with Crippen LogP contribution in [0.25, 0.3) is 0 Å². The number of sulfone groups is 1. The maximum Gasteiger partial charge on any atom is 0.242 e. The normalized spacial score (nSPS) is 14.6. The van der Waals surface area contributed by atoms with E-state index in [4.69, 9.17) is 0 Å². The van der Waals surface area contributed by atoms with Crippen LogP contribution in [-0.2, 0) is 19.4 Å². The van der Waals surface area contributed by atoms with Gasteiger partial charge in [0.05, 0.1) is 4.90 Å². The van der Waals surface area contributed by atoms with E-state index in [-0.39, 0.29) is 4.90 Å². The van der Waals surface area contributed by atoms with Gasteiger partial charge < -0.3 is 10.6 Å². The first-order valence-electron chi connectivity index (χ1n) is 7.46. The lowest BCUT2D eigenvalue weighted by Crippen LogP contribution is -2.53. The fourth-order valence-electron chi connectivity index (χ4n) is 1.84. The van der Waals surface area contributed by atoms with Gasteiger partial charge in [0, 0.05) is 5.54 Å². The molecule has 2 amide bonds. The van der Waals surface area contributed by atoms with Crippen molar-refractivity contribution in [3.63, 3.8) is 0 Å². The maximum atomic E-state index is 12.9. The van der Waals surface area contributed by atoms with Gasteiger partial charge in [-0.05, 0) is 58.9 Å². The van der Waals surface area contributed by atoms with Crippen LogP contribution in [-0.4, -0.2) is 37.1 Å². The molecule has 0 bridgehead atoms. The zero-order valence-corrected chi connectivity index (χ0v) is 15.2. The Morgan fingerprint density at radius 1 is 1.04 bits per heavy atom. The minimum absolute atomic E-state index is 0.154. The molecule has 134 valence electrons. The predicted octanol–water partition coefficient (Wildman–Crippen LogP) is 1.41. The summed E-state index contributed by atoms with van der Waals surface area (Å²) in [6.07, 6.45) is 0. The average molecular weight is 358 g/mol. The number of benzene rings is 1. The van der Waals surface area contributed by atoms with E-state index in [2.05, 4.69) is 10.6 Å². The summed E-state index contributed by atoms with van der Waals surface area (Å²) in [5, 5.41) is 3.67. The van der Waals surface area contributed by atoms with Crippen molar-refractivity contribution in [3.05, 3.63) is 30.1 Å². The summed E-state index contributed by atoms with van der Waals surface area (Å²) < 4.78 is 37.7. The molecule has 0 spiro atoms. The Kier molecular flexibility index (Phi) is 6.10. The van der Waals surface area contributed by atoms with Gasteiger partial charge >= 0.3 is 0 Å². The van der Waals surface area contributed by atoms with E-state index in [9.17, 15) is 22.4 Å². The van der Waals surface area contributed by atoms with Gasteiger partial charge in [-0.25, -0.2) is 12.8 Å². The molecule has 0 saturated heterocycles. The predicted molar refractivity (Wildman–Crippen MR) is 88.5 cm³/mol. The lowest BCUT2D eigenvalue weighted by atomic mass is 10.1. The molecule has 8 heteroatoms. The molecule has 1 aromatic carbocycles. The Morgan fingerprint density at radius 3 is 2.00 bits per heavy atom. The van der Waals surface area contributed by atoms with E-state index < -0.39 is 44.3 Å². The molecule has 0 heterocycles. The van der Waals surface area contributed by atoms with Gasteiger partial charge in [-0.2, -0.15) is 0 Å². The van der Waals surface area contributed by atoms with Crippen molar-refractivity contribution in [2.45, 2.75) is 56.3 Å². The smallest absolute Gasteiger partial charge is 0.242 e. The summed E-state index contributed by atoms with van der Waals surface area (Å²) in [5.41, 5.74) is -0.470. The molecule has 2 N–H and O–H groups in total. The molecule has 0 fully saturated rings.